The van der Waals surface area contributed by atoms with Gasteiger partial charge in [0.15, 0.2) is 0 Å². The molecule has 140 valence electrons. The van der Waals surface area contributed by atoms with E-state index in [2.05, 4.69) is 0 Å². The van der Waals surface area contributed by atoms with E-state index in [1.165, 1.54) is 17.1 Å². The van der Waals surface area contributed by atoms with Gasteiger partial charge in [0.25, 0.3) is 5.91 Å². The lowest BCUT2D eigenvalue weighted by Gasteiger charge is -2.17. The number of rotatable bonds is 4. The minimum absolute atomic E-state index is 0.0852. The van der Waals surface area contributed by atoms with Crippen molar-refractivity contribution in [2.75, 3.05) is 24.6 Å². The first kappa shape index (κ1) is 18.4. The second kappa shape index (κ2) is 7.98. The molecular formula is C21H21NO3S2. The number of likely N-dealkylation sites (tertiary alicyclic amines) is 1. The largest absolute Gasteiger partial charge is 0.481 e. The predicted molar refractivity (Wildman–Crippen MR) is 110 cm³/mol. The van der Waals surface area contributed by atoms with Gasteiger partial charge in [-0.2, -0.15) is 0 Å². The van der Waals surface area contributed by atoms with E-state index < -0.39 is 11.9 Å². The van der Waals surface area contributed by atoms with Gasteiger partial charge in [0, 0.05) is 36.1 Å². The summed E-state index contributed by atoms with van der Waals surface area (Å²) in [5.41, 5.74) is 2.85. The summed E-state index contributed by atoms with van der Waals surface area (Å²) in [6.07, 6.45) is 0. The van der Waals surface area contributed by atoms with Crippen molar-refractivity contribution >= 4 is 35.4 Å². The standard InChI is InChI=1S/C21H21NO3S2/c23-19(15-6-8-16(9-7-15)21-26-10-11-27-21)22-12-17(18(13-22)20(24)25)14-4-2-1-3-5-14/h1-9,17-18,21H,10-13H2,(H,24,25)/t17-,18-/m1/s1. The normalized spacial score (nSPS) is 22.9. The lowest BCUT2D eigenvalue weighted by atomic mass is 9.89. The van der Waals surface area contributed by atoms with Crippen molar-refractivity contribution in [1.29, 1.82) is 0 Å². The topological polar surface area (TPSA) is 57.6 Å². The van der Waals surface area contributed by atoms with Crippen LogP contribution in [0.25, 0.3) is 0 Å². The van der Waals surface area contributed by atoms with Crippen LogP contribution in [0, 0.1) is 5.92 Å². The third-order valence-corrected chi connectivity index (χ3v) is 8.31. The highest BCUT2D eigenvalue weighted by Crippen LogP contribution is 2.45. The van der Waals surface area contributed by atoms with Gasteiger partial charge in [0.05, 0.1) is 10.5 Å². The summed E-state index contributed by atoms with van der Waals surface area (Å²) >= 11 is 3.88. The van der Waals surface area contributed by atoms with Crippen LogP contribution in [-0.2, 0) is 4.79 Å². The Labute approximate surface area is 167 Å². The highest BCUT2D eigenvalue weighted by atomic mass is 32.2. The number of hydrogen-bond donors (Lipinski definition) is 1. The summed E-state index contributed by atoms with van der Waals surface area (Å²) in [4.78, 5) is 26.4. The molecule has 2 aromatic carbocycles. The van der Waals surface area contributed by atoms with Crippen LogP contribution < -0.4 is 0 Å². The lowest BCUT2D eigenvalue weighted by molar-refractivity contribution is -0.141. The van der Waals surface area contributed by atoms with E-state index in [1.54, 1.807) is 4.90 Å². The Morgan fingerprint density at radius 3 is 2.19 bits per heavy atom. The molecule has 2 atom stereocenters. The van der Waals surface area contributed by atoms with Gasteiger partial charge in [-0.15, -0.1) is 23.5 Å². The molecule has 0 unspecified atom stereocenters. The predicted octanol–water partition coefficient (Wildman–Crippen LogP) is 4.11. The molecule has 0 radical (unpaired) electrons. The van der Waals surface area contributed by atoms with Gasteiger partial charge < -0.3 is 10.0 Å². The molecule has 6 heteroatoms. The fourth-order valence-corrected chi connectivity index (χ4v) is 6.63. The molecule has 2 aliphatic heterocycles. The zero-order chi connectivity index (χ0) is 18.8. The van der Waals surface area contributed by atoms with Crippen LogP contribution in [-0.4, -0.2) is 46.5 Å². The minimum Gasteiger partial charge on any atom is -0.481 e. The average molecular weight is 400 g/mol. The molecule has 4 nitrogen and oxygen atoms in total. The number of carboxylic acids is 1. The first-order valence-corrected chi connectivity index (χ1v) is 11.1. The van der Waals surface area contributed by atoms with Gasteiger partial charge in [0.1, 0.15) is 0 Å². The third-order valence-electron chi connectivity index (χ3n) is 5.20. The first-order valence-electron chi connectivity index (χ1n) is 9.03. The molecule has 1 N–H and O–H groups in total. The van der Waals surface area contributed by atoms with Crippen molar-refractivity contribution in [3.05, 3.63) is 71.3 Å². The van der Waals surface area contributed by atoms with Crippen LogP contribution in [0.15, 0.2) is 54.6 Å². The number of aliphatic carboxylic acids is 1. The number of nitrogens with zero attached hydrogens (tertiary/aromatic N) is 1. The van der Waals surface area contributed by atoms with E-state index in [1.807, 2.05) is 78.1 Å². The van der Waals surface area contributed by atoms with E-state index in [0.717, 1.165) is 5.56 Å². The van der Waals surface area contributed by atoms with Crippen molar-refractivity contribution in [2.45, 2.75) is 10.5 Å². The van der Waals surface area contributed by atoms with E-state index >= 15 is 0 Å². The van der Waals surface area contributed by atoms with Crippen LogP contribution in [0.3, 0.4) is 0 Å². The molecule has 0 aliphatic carbocycles. The van der Waals surface area contributed by atoms with Crippen molar-refractivity contribution in [2.24, 2.45) is 5.92 Å². The second-order valence-corrected chi connectivity index (χ2v) is 9.59. The molecule has 27 heavy (non-hydrogen) atoms. The third kappa shape index (κ3) is 3.87. The quantitative estimate of drug-likeness (QED) is 0.839. The molecule has 0 aromatic heterocycles. The summed E-state index contributed by atoms with van der Waals surface area (Å²) in [7, 11) is 0. The second-order valence-electron chi connectivity index (χ2n) is 6.87. The number of hydrogen-bond acceptors (Lipinski definition) is 4. The highest BCUT2D eigenvalue weighted by molar-refractivity contribution is 8.19. The lowest BCUT2D eigenvalue weighted by Crippen LogP contribution is -2.29. The zero-order valence-corrected chi connectivity index (χ0v) is 16.4. The number of thioether (sulfide) groups is 2. The molecular weight excluding hydrogens is 378 g/mol. The van der Waals surface area contributed by atoms with E-state index in [-0.39, 0.29) is 18.4 Å². The molecule has 0 saturated carbocycles. The van der Waals surface area contributed by atoms with Crippen molar-refractivity contribution in [3.8, 4) is 0 Å². The highest BCUT2D eigenvalue weighted by Gasteiger charge is 2.40. The van der Waals surface area contributed by atoms with Crippen molar-refractivity contribution in [3.63, 3.8) is 0 Å². The number of carbonyl (C=O) groups excluding carboxylic acids is 1. The fourth-order valence-electron chi connectivity index (χ4n) is 3.77. The summed E-state index contributed by atoms with van der Waals surface area (Å²) < 4.78 is 0.458. The smallest absolute Gasteiger partial charge is 0.308 e. The molecule has 2 aromatic rings. The molecule has 1 amide bonds. The Hall–Kier alpha value is -1.92. The maximum Gasteiger partial charge on any atom is 0.308 e. The summed E-state index contributed by atoms with van der Waals surface area (Å²) in [5, 5.41) is 9.63. The van der Waals surface area contributed by atoms with Gasteiger partial charge in [0.2, 0.25) is 0 Å². The zero-order valence-electron chi connectivity index (χ0n) is 14.8. The van der Waals surface area contributed by atoms with Crippen LogP contribution in [0.2, 0.25) is 0 Å². The molecule has 2 fully saturated rings. The first-order chi connectivity index (χ1) is 13.1. The van der Waals surface area contributed by atoms with E-state index in [9.17, 15) is 14.7 Å². The van der Waals surface area contributed by atoms with Crippen LogP contribution in [0.5, 0.6) is 0 Å². The number of benzene rings is 2. The van der Waals surface area contributed by atoms with Gasteiger partial charge in [-0.3, -0.25) is 9.59 Å². The van der Waals surface area contributed by atoms with Crippen molar-refractivity contribution in [1.82, 2.24) is 4.90 Å². The SMILES string of the molecule is O=C(O)[C@@H]1CN(C(=O)c2ccc(C3SCCS3)cc2)C[C@@H]1c1ccccc1. The minimum atomic E-state index is -0.843. The van der Waals surface area contributed by atoms with Gasteiger partial charge in [-0.25, -0.2) is 0 Å². The monoisotopic (exact) mass is 399 g/mol. The average Bonchev–Trinajstić information content (AvgIpc) is 3.38. The Kier molecular flexibility index (Phi) is 5.45. The Balaban J connectivity index is 1.51. The summed E-state index contributed by atoms with van der Waals surface area (Å²) in [6, 6.07) is 17.4. The van der Waals surface area contributed by atoms with E-state index in [4.69, 9.17) is 0 Å². The molecule has 4 rings (SSSR count). The number of amides is 1. The van der Waals surface area contributed by atoms with Crippen LogP contribution in [0.4, 0.5) is 0 Å². The maximum atomic E-state index is 12.9. The fraction of sp³-hybridized carbons (Fsp3) is 0.333. The van der Waals surface area contributed by atoms with E-state index in [0.29, 0.717) is 16.7 Å². The van der Waals surface area contributed by atoms with Gasteiger partial charge >= 0.3 is 5.97 Å². The maximum absolute atomic E-state index is 12.9. The Morgan fingerprint density at radius 2 is 1.56 bits per heavy atom. The number of carbonyl (C=O) groups is 2. The van der Waals surface area contributed by atoms with Crippen LogP contribution in [0.1, 0.15) is 32.0 Å². The molecule has 0 bridgehead atoms. The Morgan fingerprint density at radius 1 is 0.889 bits per heavy atom. The molecule has 0 spiro atoms. The van der Waals surface area contributed by atoms with Crippen LogP contribution >= 0.6 is 23.5 Å². The Bertz CT molecular complexity index is 819. The van der Waals surface area contributed by atoms with Crippen molar-refractivity contribution < 1.29 is 14.7 Å². The molecule has 2 aliphatic rings. The van der Waals surface area contributed by atoms with Gasteiger partial charge in [-0.1, -0.05) is 42.5 Å². The summed E-state index contributed by atoms with van der Waals surface area (Å²) in [5.74, 6) is 0.672. The number of carboxylic acid groups (broad SMARTS) is 1. The molecule has 2 saturated heterocycles. The van der Waals surface area contributed by atoms with Gasteiger partial charge in [-0.05, 0) is 23.3 Å². The summed E-state index contributed by atoms with van der Waals surface area (Å²) in [6.45, 7) is 0.694. The molecule has 2 heterocycles.